The van der Waals surface area contributed by atoms with Gasteiger partial charge in [-0.05, 0) is 31.0 Å². The van der Waals surface area contributed by atoms with Crippen LogP contribution in [0.5, 0.6) is 0 Å². The number of ether oxygens (including phenoxy) is 1. The van der Waals surface area contributed by atoms with Crippen LogP contribution in [0, 0.1) is 18.6 Å². The maximum absolute atomic E-state index is 13.4. The summed E-state index contributed by atoms with van der Waals surface area (Å²) in [4.78, 5) is 0. The summed E-state index contributed by atoms with van der Waals surface area (Å²) < 4.78 is 31.7. The molecule has 17 heavy (non-hydrogen) atoms. The Balaban J connectivity index is 2.34. The molecular weight excluding hydrogens is 224 g/mol. The summed E-state index contributed by atoms with van der Waals surface area (Å²) in [5.41, 5.74) is 0.974. The van der Waals surface area contributed by atoms with Crippen LogP contribution in [0.1, 0.15) is 18.1 Å². The standard InChI is InChI=1S/C13H19F2NO/c1-3-16-5-7-17-6-4-11-8-10(2)12(14)9-13(11)15/h8-9,16H,3-7H2,1-2H3. The Morgan fingerprint density at radius 3 is 2.65 bits per heavy atom. The highest BCUT2D eigenvalue weighted by atomic mass is 19.1. The SMILES string of the molecule is CCNCCOCCc1cc(C)c(F)cc1F. The predicted molar refractivity (Wildman–Crippen MR) is 64.2 cm³/mol. The van der Waals surface area contributed by atoms with Crippen LogP contribution in [0.15, 0.2) is 12.1 Å². The number of aryl methyl sites for hydroxylation is 1. The zero-order valence-electron chi connectivity index (χ0n) is 10.4. The molecule has 0 aliphatic heterocycles. The Kier molecular flexibility index (Phi) is 6.08. The van der Waals surface area contributed by atoms with Gasteiger partial charge in [0.2, 0.25) is 0 Å². The highest BCUT2D eigenvalue weighted by Gasteiger charge is 2.06. The van der Waals surface area contributed by atoms with Gasteiger partial charge >= 0.3 is 0 Å². The molecule has 0 aliphatic carbocycles. The molecule has 1 aromatic carbocycles. The molecule has 0 heterocycles. The fourth-order valence-electron chi connectivity index (χ4n) is 1.51. The van der Waals surface area contributed by atoms with Gasteiger partial charge in [-0.15, -0.1) is 0 Å². The minimum Gasteiger partial charge on any atom is -0.380 e. The molecule has 0 spiro atoms. The van der Waals surface area contributed by atoms with Crippen LogP contribution in [0.3, 0.4) is 0 Å². The Labute approximate surface area is 101 Å². The highest BCUT2D eigenvalue weighted by Crippen LogP contribution is 2.14. The number of hydrogen-bond donors (Lipinski definition) is 1. The van der Waals surface area contributed by atoms with E-state index in [1.54, 1.807) is 6.92 Å². The molecule has 0 unspecified atom stereocenters. The van der Waals surface area contributed by atoms with Crippen molar-refractivity contribution < 1.29 is 13.5 Å². The van der Waals surface area contributed by atoms with Crippen molar-refractivity contribution in [3.8, 4) is 0 Å². The van der Waals surface area contributed by atoms with Crippen LogP contribution in [-0.2, 0) is 11.2 Å². The maximum Gasteiger partial charge on any atom is 0.129 e. The lowest BCUT2D eigenvalue weighted by Gasteiger charge is -2.07. The summed E-state index contributed by atoms with van der Waals surface area (Å²) in [6.07, 6.45) is 0.471. The van der Waals surface area contributed by atoms with Crippen molar-refractivity contribution in [2.24, 2.45) is 0 Å². The van der Waals surface area contributed by atoms with E-state index in [9.17, 15) is 8.78 Å². The molecule has 0 saturated carbocycles. The average molecular weight is 243 g/mol. The second-order valence-electron chi connectivity index (χ2n) is 3.91. The van der Waals surface area contributed by atoms with Gasteiger partial charge in [-0.1, -0.05) is 13.0 Å². The lowest BCUT2D eigenvalue weighted by Crippen LogP contribution is -2.19. The van der Waals surface area contributed by atoms with Gasteiger partial charge in [0.15, 0.2) is 0 Å². The van der Waals surface area contributed by atoms with Crippen LogP contribution in [0.2, 0.25) is 0 Å². The van der Waals surface area contributed by atoms with Gasteiger partial charge in [-0.2, -0.15) is 0 Å². The summed E-state index contributed by atoms with van der Waals surface area (Å²) in [5.74, 6) is -0.998. The number of hydrogen-bond acceptors (Lipinski definition) is 2. The third-order valence-corrected chi connectivity index (χ3v) is 2.52. The number of benzene rings is 1. The summed E-state index contributed by atoms with van der Waals surface area (Å²) in [7, 11) is 0. The van der Waals surface area contributed by atoms with Crippen molar-refractivity contribution in [2.75, 3.05) is 26.3 Å². The molecule has 1 N–H and O–H groups in total. The highest BCUT2D eigenvalue weighted by molar-refractivity contribution is 5.25. The minimum absolute atomic E-state index is 0.452. The van der Waals surface area contributed by atoms with Crippen molar-refractivity contribution in [2.45, 2.75) is 20.3 Å². The second kappa shape index (κ2) is 7.35. The molecule has 0 saturated heterocycles. The predicted octanol–water partition coefficient (Wildman–Crippen LogP) is 2.44. The van der Waals surface area contributed by atoms with E-state index >= 15 is 0 Å². The third-order valence-electron chi connectivity index (χ3n) is 2.52. The van der Waals surface area contributed by atoms with E-state index in [2.05, 4.69) is 5.32 Å². The first-order valence-electron chi connectivity index (χ1n) is 5.88. The summed E-state index contributed by atoms with van der Waals surface area (Å²) in [5, 5.41) is 3.13. The van der Waals surface area contributed by atoms with Crippen LogP contribution < -0.4 is 5.32 Å². The Bertz CT molecular complexity index is 356. The lowest BCUT2D eigenvalue weighted by atomic mass is 10.1. The number of halogens is 2. The zero-order chi connectivity index (χ0) is 12.7. The van der Waals surface area contributed by atoms with Crippen LogP contribution in [0.4, 0.5) is 8.78 Å². The number of nitrogens with one attached hydrogen (secondary N) is 1. The molecule has 0 atom stereocenters. The fourth-order valence-corrected chi connectivity index (χ4v) is 1.51. The van der Waals surface area contributed by atoms with Gasteiger partial charge in [-0.3, -0.25) is 0 Å². The average Bonchev–Trinajstić information content (AvgIpc) is 2.30. The quantitative estimate of drug-likeness (QED) is 0.743. The van der Waals surface area contributed by atoms with E-state index in [0.717, 1.165) is 19.2 Å². The van der Waals surface area contributed by atoms with Crippen LogP contribution in [-0.4, -0.2) is 26.3 Å². The van der Waals surface area contributed by atoms with Crippen molar-refractivity contribution >= 4 is 0 Å². The van der Waals surface area contributed by atoms with Crippen molar-refractivity contribution in [1.82, 2.24) is 5.32 Å². The van der Waals surface area contributed by atoms with Crippen LogP contribution in [0.25, 0.3) is 0 Å². The van der Waals surface area contributed by atoms with Gasteiger partial charge in [0, 0.05) is 12.6 Å². The van der Waals surface area contributed by atoms with E-state index in [4.69, 9.17) is 4.74 Å². The van der Waals surface area contributed by atoms with Crippen LogP contribution >= 0.6 is 0 Å². The van der Waals surface area contributed by atoms with Crippen molar-refractivity contribution in [1.29, 1.82) is 0 Å². The molecule has 0 radical (unpaired) electrons. The van der Waals surface area contributed by atoms with Gasteiger partial charge in [0.05, 0.1) is 13.2 Å². The zero-order valence-corrected chi connectivity index (χ0v) is 10.4. The molecule has 2 nitrogen and oxygen atoms in total. The second-order valence-corrected chi connectivity index (χ2v) is 3.91. The monoisotopic (exact) mass is 243 g/mol. The third kappa shape index (κ3) is 4.79. The summed E-state index contributed by atoms with van der Waals surface area (Å²) in [6, 6.07) is 2.47. The van der Waals surface area contributed by atoms with E-state index in [1.165, 1.54) is 6.07 Å². The lowest BCUT2D eigenvalue weighted by molar-refractivity contribution is 0.138. The van der Waals surface area contributed by atoms with Crippen molar-refractivity contribution in [3.05, 3.63) is 34.9 Å². The fraction of sp³-hybridized carbons (Fsp3) is 0.538. The van der Waals surface area contributed by atoms with Gasteiger partial charge < -0.3 is 10.1 Å². The molecule has 0 fully saturated rings. The molecule has 0 amide bonds. The molecule has 4 heteroatoms. The van der Waals surface area contributed by atoms with Gasteiger partial charge in [0.25, 0.3) is 0 Å². The first-order chi connectivity index (χ1) is 8.15. The van der Waals surface area contributed by atoms with E-state index < -0.39 is 11.6 Å². The molecule has 0 bridgehead atoms. The summed E-state index contributed by atoms with van der Waals surface area (Å²) in [6.45, 7) is 6.42. The molecular formula is C13H19F2NO. The molecule has 0 aliphatic rings. The normalized spacial score (nSPS) is 10.8. The first kappa shape index (κ1) is 14.1. The Morgan fingerprint density at radius 2 is 1.94 bits per heavy atom. The molecule has 96 valence electrons. The van der Waals surface area contributed by atoms with E-state index in [-0.39, 0.29) is 0 Å². The Hall–Kier alpha value is -1.00. The summed E-state index contributed by atoms with van der Waals surface area (Å²) >= 11 is 0. The van der Waals surface area contributed by atoms with E-state index in [1.807, 2.05) is 6.92 Å². The largest absolute Gasteiger partial charge is 0.380 e. The smallest absolute Gasteiger partial charge is 0.129 e. The first-order valence-corrected chi connectivity index (χ1v) is 5.88. The van der Waals surface area contributed by atoms with Gasteiger partial charge in [-0.25, -0.2) is 8.78 Å². The number of likely N-dealkylation sites (N-methyl/N-ethyl adjacent to an activating group) is 1. The minimum atomic E-state index is -0.501. The Morgan fingerprint density at radius 1 is 1.18 bits per heavy atom. The molecule has 1 rings (SSSR count). The molecule has 0 aromatic heterocycles. The van der Waals surface area contributed by atoms with Crippen molar-refractivity contribution in [3.63, 3.8) is 0 Å². The number of rotatable bonds is 7. The van der Waals surface area contributed by atoms with E-state index in [0.29, 0.717) is 30.8 Å². The maximum atomic E-state index is 13.4. The molecule has 1 aromatic rings. The van der Waals surface area contributed by atoms with Gasteiger partial charge in [0.1, 0.15) is 11.6 Å². The topological polar surface area (TPSA) is 21.3 Å².